The standard InChI is InChI=1S/C22H35N/c1-10-13-23(14-11-2)22-18(8)17(7)21(16(6)12-3)20(15(4)5)19(22)9/h7,9-14H2,1-6,8H3/b21-16-. The number of hydrogen-bond donors (Lipinski definition) is 0. The molecule has 0 unspecified atom stereocenters. The molecule has 0 N–H and O–H groups in total. The van der Waals surface area contributed by atoms with Crippen LogP contribution >= 0.6 is 0 Å². The average Bonchev–Trinajstić information content (AvgIpc) is 2.50. The molecule has 1 nitrogen and oxygen atoms in total. The molecule has 1 aromatic carbocycles. The van der Waals surface area contributed by atoms with Gasteiger partial charge in [-0.1, -0.05) is 45.1 Å². The number of hydrogen-bond acceptors (Lipinski definition) is 1. The van der Waals surface area contributed by atoms with Gasteiger partial charge in [0.1, 0.15) is 0 Å². The second kappa shape index (κ2) is 8.38. The Kier molecular flexibility index (Phi) is 7.12. The summed E-state index contributed by atoms with van der Waals surface area (Å²) in [5.41, 5.74) is 5.34. The van der Waals surface area contributed by atoms with Crippen LogP contribution in [-0.4, -0.2) is 13.1 Å². The maximum absolute atomic E-state index is 4.50. The zero-order valence-electron chi connectivity index (χ0n) is 16.4. The minimum atomic E-state index is 1.05. The maximum atomic E-state index is 4.50. The highest BCUT2D eigenvalue weighted by atomic mass is 15.1. The van der Waals surface area contributed by atoms with Crippen molar-refractivity contribution < 1.29 is 0 Å². The first kappa shape index (κ1) is 19.5. The van der Waals surface area contributed by atoms with Gasteiger partial charge in [-0.25, -0.2) is 0 Å². The molecule has 0 saturated carbocycles. The summed E-state index contributed by atoms with van der Waals surface area (Å²) < 4.78 is 0. The summed E-state index contributed by atoms with van der Waals surface area (Å²) >= 11 is 0. The van der Waals surface area contributed by atoms with Crippen molar-refractivity contribution in [2.24, 2.45) is 0 Å². The van der Waals surface area contributed by atoms with Crippen LogP contribution in [0.25, 0.3) is 24.3 Å². The third kappa shape index (κ3) is 3.88. The van der Waals surface area contributed by atoms with E-state index < -0.39 is 0 Å². The molecule has 0 spiro atoms. The lowest BCUT2D eigenvalue weighted by atomic mass is 9.97. The fraction of sp³-hybridized carbons (Fsp3) is 0.545. The molecule has 0 heterocycles. The molecular weight excluding hydrogens is 278 g/mol. The van der Waals surface area contributed by atoms with E-state index in [1.807, 2.05) is 0 Å². The topological polar surface area (TPSA) is 3.24 Å². The van der Waals surface area contributed by atoms with Crippen molar-refractivity contribution in [3.05, 3.63) is 26.4 Å². The van der Waals surface area contributed by atoms with E-state index in [9.17, 15) is 0 Å². The summed E-state index contributed by atoms with van der Waals surface area (Å²) in [7, 11) is 0. The van der Waals surface area contributed by atoms with E-state index in [0.29, 0.717) is 0 Å². The molecule has 0 amide bonds. The molecule has 0 aliphatic carbocycles. The first-order valence-corrected chi connectivity index (χ1v) is 9.04. The highest BCUT2D eigenvalue weighted by Crippen LogP contribution is 2.11. The van der Waals surface area contributed by atoms with Crippen LogP contribution in [0, 0.1) is 6.92 Å². The Morgan fingerprint density at radius 1 is 0.870 bits per heavy atom. The lowest BCUT2D eigenvalue weighted by Crippen LogP contribution is -2.53. The van der Waals surface area contributed by atoms with Crippen LogP contribution in [0.4, 0.5) is 5.69 Å². The van der Waals surface area contributed by atoms with E-state index in [4.69, 9.17) is 0 Å². The molecule has 0 fully saturated rings. The van der Waals surface area contributed by atoms with Gasteiger partial charge in [0.15, 0.2) is 0 Å². The van der Waals surface area contributed by atoms with E-state index in [-0.39, 0.29) is 0 Å². The molecule has 1 heteroatoms. The van der Waals surface area contributed by atoms with E-state index in [0.717, 1.165) is 32.4 Å². The van der Waals surface area contributed by atoms with Crippen molar-refractivity contribution in [2.75, 3.05) is 18.0 Å². The first-order valence-electron chi connectivity index (χ1n) is 9.04. The fourth-order valence-electron chi connectivity index (χ4n) is 3.48. The van der Waals surface area contributed by atoms with E-state index in [1.54, 1.807) is 0 Å². The van der Waals surface area contributed by atoms with Crippen molar-refractivity contribution in [1.29, 1.82) is 0 Å². The van der Waals surface area contributed by atoms with Gasteiger partial charge < -0.3 is 4.90 Å². The largest absolute Gasteiger partial charge is 0.371 e. The van der Waals surface area contributed by atoms with Gasteiger partial charge in [0.25, 0.3) is 0 Å². The predicted molar refractivity (Wildman–Crippen MR) is 108 cm³/mol. The molecule has 0 bridgehead atoms. The van der Waals surface area contributed by atoms with E-state index in [2.05, 4.69) is 66.5 Å². The summed E-state index contributed by atoms with van der Waals surface area (Å²) in [6, 6.07) is 0. The van der Waals surface area contributed by atoms with Crippen LogP contribution in [0.3, 0.4) is 0 Å². The van der Waals surface area contributed by atoms with E-state index >= 15 is 0 Å². The molecule has 0 aromatic heterocycles. The molecule has 0 aliphatic heterocycles. The zero-order chi connectivity index (χ0) is 17.7. The first-order chi connectivity index (χ1) is 10.8. The monoisotopic (exact) mass is 313 g/mol. The van der Waals surface area contributed by atoms with Crippen LogP contribution in [0.1, 0.15) is 66.4 Å². The normalized spacial score (nSPS) is 12.3. The van der Waals surface area contributed by atoms with Crippen LogP contribution in [0.5, 0.6) is 0 Å². The van der Waals surface area contributed by atoms with Crippen molar-refractivity contribution >= 4 is 30.0 Å². The summed E-state index contributed by atoms with van der Waals surface area (Å²) in [5, 5.41) is 5.00. The summed E-state index contributed by atoms with van der Waals surface area (Å²) in [6.07, 6.45) is 3.35. The molecule has 1 rings (SSSR count). The Bertz CT molecular complexity index is 758. The lowest BCUT2D eigenvalue weighted by molar-refractivity contribution is 0.739. The van der Waals surface area contributed by atoms with Crippen LogP contribution in [-0.2, 0) is 0 Å². The molecule has 128 valence electrons. The molecular formula is C22H35N. The van der Waals surface area contributed by atoms with Crippen LogP contribution in [0.2, 0.25) is 0 Å². The summed E-state index contributed by atoms with van der Waals surface area (Å²) in [4.78, 5) is 2.50. The summed E-state index contributed by atoms with van der Waals surface area (Å²) in [6.45, 7) is 26.6. The van der Waals surface area contributed by atoms with E-state index in [1.165, 1.54) is 43.3 Å². The fourth-order valence-corrected chi connectivity index (χ4v) is 3.48. The van der Waals surface area contributed by atoms with Gasteiger partial charge in [-0.05, 0) is 73.4 Å². The van der Waals surface area contributed by atoms with Gasteiger partial charge in [-0.2, -0.15) is 0 Å². The highest BCUT2D eigenvalue weighted by Gasteiger charge is 2.13. The Morgan fingerprint density at radius 3 is 1.78 bits per heavy atom. The smallest absolute Gasteiger partial charge is 0.0475 e. The predicted octanol–water partition coefficient (Wildman–Crippen LogP) is 3.21. The van der Waals surface area contributed by atoms with Gasteiger partial charge >= 0.3 is 0 Å². The molecule has 23 heavy (non-hydrogen) atoms. The minimum Gasteiger partial charge on any atom is -0.371 e. The minimum absolute atomic E-state index is 1.05. The van der Waals surface area contributed by atoms with Crippen molar-refractivity contribution in [3.63, 3.8) is 0 Å². The van der Waals surface area contributed by atoms with Gasteiger partial charge in [-0.15, -0.1) is 0 Å². The Hall–Kier alpha value is -1.50. The number of nitrogens with zero attached hydrogens (tertiary/aromatic N) is 1. The second-order valence-electron chi connectivity index (χ2n) is 6.80. The van der Waals surface area contributed by atoms with Gasteiger partial charge in [0.05, 0.1) is 0 Å². The number of anilines is 1. The molecule has 0 saturated heterocycles. The quantitative estimate of drug-likeness (QED) is 0.779. The van der Waals surface area contributed by atoms with Crippen molar-refractivity contribution in [3.8, 4) is 0 Å². The van der Waals surface area contributed by atoms with Gasteiger partial charge in [0, 0.05) is 18.8 Å². The Morgan fingerprint density at radius 2 is 1.39 bits per heavy atom. The maximum Gasteiger partial charge on any atom is 0.0475 e. The Balaban J connectivity index is 4.06. The average molecular weight is 314 g/mol. The lowest BCUT2D eigenvalue weighted by Gasteiger charge is -2.27. The SMILES string of the molecule is C=c1c(N(CCC)CCC)c(C)c(=C)/c(=C(\C)CC)c1=C(C)C. The molecule has 0 radical (unpaired) electrons. The summed E-state index contributed by atoms with van der Waals surface area (Å²) in [5.74, 6) is 0. The third-order valence-corrected chi connectivity index (χ3v) is 4.71. The van der Waals surface area contributed by atoms with Gasteiger partial charge in [-0.3, -0.25) is 0 Å². The zero-order valence-corrected chi connectivity index (χ0v) is 16.4. The molecule has 0 aliphatic rings. The van der Waals surface area contributed by atoms with Crippen molar-refractivity contribution in [1.82, 2.24) is 0 Å². The van der Waals surface area contributed by atoms with Gasteiger partial charge in [0.2, 0.25) is 0 Å². The second-order valence-corrected chi connectivity index (χ2v) is 6.80. The highest BCUT2D eigenvalue weighted by molar-refractivity contribution is 5.61. The molecule has 1 aromatic rings. The number of benzene rings is 1. The number of rotatable bonds is 6. The van der Waals surface area contributed by atoms with Crippen LogP contribution in [0.15, 0.2) is 0 Å². The Labute approximate surface area is 142 Å². The molecule has 0 atom stereocenters. The van der Waals surface area contributed by atoms with Crippen LogP contribution < -0.4 is 25.8 Å². The third-order valence-electron chi connectivity index (χ3n) is 4.71. The van der Waals surface area contributed by atoms with Crippen molar-refractivity contribution in [2.45, 2.75) is 67.7 Å².